The van der Waals surface area contributed by atoms with Crippen molar-refractivity contribution in [2.24, 2.45) is 5.10 Å². The van der Waals surface area contributed by atoms with Crippen LogP contribution in [0.4, 0.5) is 0 Å². The Labute approximate surface area is 114 Å². The molecule has 1 aromatic heterocycles. The van der Waals surface area contributed by atoms with E-state index in [0.29, 0.717) is 12.4 Å². The largest absolute Gasteiger partial charge is 0.493 e. The van der Waals surface area contributed by atoms with E-state index in [-0.39, 0.29) is 4.77 Å². The van der Waals surface area contributed by atoms with Gasteiger partial charge in [-0.1, -0.05) is 12.1 Å². The number of aromatic nitrogens is 3. The standard InChI is InChI=1S/C12H12N4O2S/c1-2-18-10-6-4-3-5-9(10)7-14-16-11(17)8-13-15-12(16)19/h3-8H,2H2,1H3,(H,15,19)/b14-7-. The van der Waals surface area contributed by atoms with Crippen LogP contribution in [0, 0.1) is 4.77 Å². The summed E-state index contributed by atoms with van der Waals surface area (Å²) in [4.78, 5) is 11.5. The third kappa shape index (κ3) is 3.14. The fourth-order valence-corrected chi connectivity index (χ4v) is 1.64. The third-order valence-corrected chi connectivity index (χ3v) is 2.53. The predicted octanol–water partition coefficient (Wildman–Crippen LogP) is 1.58. The van der Waals surface area contributed by atoms with E-state index < -0.39 is 5.56 Å². The maximum atomic E-state index is 11.5. The first-order valence-electron chi connectivity index (χ1n) is 5.65. The molecule has 1 N–H and O–H groups in total. The average molecular weight is 276 g/mol. The fourth-order valence-electron chi connectivity index (χ4n) is 1.45. The molecule has 0 saturated heterocycles. The molecule has 6 nitrogen and oxygen atoms in total. The molecular formula is C12H12N4O2S. The smallest absolute Gasteiger partial charge is 0.293 e. The topological polar surface area (TPSA) is 72.3 Å². The number of nitrogens with one attached hydrogen (secondary N) is 1. The lowest BCUT2D eigenvalue weighted by Gasteiger charge is -2.05. The molecule has 2 aromatic rings. The van der Waals surface area contributed by atoms with Crippen molar-refractivity contribution in [3.63, 3.8) is 0 Å². The highest BCUT2D eigenvalue weighted by atomic mass is 32.1. The van der Waals surface area contributed by atoms with Gasteiger partial charge in [0.2, 0.25) is 4.77 Å². The number of benzene rings is 1. The molecule has 0 bridgehead atoms. The number of H-pyrrole nitrogens is 1. The average Bonchev–Trinajstić information content (AvgIpc) is 2.40. The summed E-state index contributed by atoms with van der Waals surface area (Å²) in [5.41, 5.74) is 0.372. The van der Waals surface area contributed by atoms with Crippen molar-refractivity contribution in [1.82, 2.24) is 14.9 Å². The van der Waals surface area contributed by atoms with E-state index in [2.05, 4.69) is 15.3 Å². The van der Waals surface area contributed by atoms with Gasteiger partial charge < -0.3 is 4.74 Å². The molecule has 0 amide bonds. The Morgan fingerprint density at radius 2 is 2.32 bits per heavy atom. The highest BCUT2D eigenvalue weighted by molar-refractivity contribution is 7.71. The van der Waals surface area contributed by atoms with E-state index in [4.69, 9.17) is 17.0 Å². The zero-order valence-corrected chi connectivity index (χ0v) is 11.1. The molecule has 0 unspecified atom stereocenters. The molecule has 1 aromatic carbocycles. The van der Waals surface area contributed by atoms with E-state index in [1.807, 2.05) is 31.2 Å². The molecule has 0 aliphatic carbocycles. The van der Waals surface area contributed by atoms with Crippen molar-refractivity contribution in [1.29, 1.82) is 0 Å². The Kier molecular flexibility index (Phi) is 4.19. The number of nitrogens with zero attached hydrogens (tertiary/aromatic N) is 3. The van der Waals surface area contributed by atoms with Gasteiger partial charge in [0.05, 0.1) is 12.8 Å². The van der Waals surface area contributed by atoms with Crippen LogP contribution in [0.5, 0.6) is 5.75 Å². The maximum Gasteiger partial charge on any atom is 0.293 e. The highest BCUT2D eigenvalue weighted by Gasteiger charge is 2.00. The van der Waals surface area contributed by atoms with E-state index in [0.717, 1.165) is 16.4 Å². The van der Waals surface area contributed by atoms with Gasteiger partial charge in [0.1, 0.15) is 11.9 Å². The first-order chi connectivity index (χ1) is 9.22. The molecule has 0 aliphatic rings. The van der Waals surface area contributed by atoms with Gasteiger partial charge in [0.25, 0.3) is 5.56 Å². The van der Waals surface area contributed by atoms with Gasteiger partial charge in [-0.2, -0.15) is 14.9 Å². The minimum absolute atomic E-state index is 0.137. The summed E-state index contributed by atoms with van der Waals surface area (Å²) in [6, 6.07) is 7.40. The summed E-state index contributed by atoms with van der Waals surface area (Å²) in [5.74, 6) is 0.700. The lowest BCUT2D eigenvalue weighted by molar-refractivity contribution is 0.340. The fraction of sp³-hybridized carbons (Fsp3) is 0.167. The molecule has 0 radical (unpaired) electrons. The number of ether oxygens (including phenoxy) is 1. The Balaban J connectivity index is 2.38. The van der Waals surface area contributed by atoms with E-state index in [9.17, 15) is 4.79 Å². The van der Waals surface area contributed by atoms with Crippen molar-refractivity contribution in [2.45, 2.75) is 6.92 Å². The Morgan fingerprint density at radius 1 is 1.53 bits per heavy atom. The molecule has 0 fully saturated rings. The number of para-hydroxylation sites is 1. The predicted molar refractivity (Wildman–Crippen MR) is 74.3 cm³/mol. The van der Waals surface area contributed by atoms with Crippen LogP contribution < -0.4 is 10.3 Å². The van der Waals surface area contributed by atoms with Crippen LogP contribution in [-0.4, -0.2) is 27.7 Å². The van der Waals surface area contributed by atoms with Crippen LogP contribution >= 0.6 is 12.2 Å². The van der Waals surface area contributed by atoms with Crippen LogP contribution in [0.1, 0.15) is 12.5 Å². The zero-order chi connectivity index (χ0) is 13.7. The van der Waals surface area contributed by atoms with Crippen molar-refractivity contribution in [2.75, 3.05) is 6.61 Å². The van der Waals surface area contributed by atoms with Crippen molar-refractivity contribution in [3.8, 4) is 5.75 Å². The minimum atomic E-state index is -0.395. The van der Waals surface area contributed by atoms with Gasteiger partial charge in [-0.05, 0) is 31.3 Å². The van der Waals surface area contributed by atoms with Gasteiger partial charge in [-0.15, -0.1) is 0 Å². The van der Waals surface area contributed by atoms with E-state index in [1.165, 1.54) is 6.21 Å². The normalized spacial score (nSPS) is 10.8. The van der Waals surface area contributed by atoms with Gasteiger partial charge in [-0.3, -0.25) is 9.89 Å². The summed E-state index contributed by atoms with van der Waals surface area (Å²) >= 11 is 4.94. The molecule has 19 heavy (non-hydrogen) atoms. The SMILES string of the molecule is CCOc1ccccc1/C=N\n1c(=O)cn[nH]c1=S. The lowest BCUT2D eigenvalue weighted by atomic mass is 10.2. The van der Waals surface area contributed by atoms with Gasteiger partial charge in [0, 0.05) is 5.56 Å². The second-order valence-corrected chi connectivity index (χ2v) is 3.93. The Hall–Kier alpha value is -2.28. The Morgan fingerprint density at radius 3 is 3.05 bits per heavy atom. The summed E-state index contributed by atoms with van der Waals surface area (Å²) in [6.45, 7) is 2.46. The lowest BCUT2D eigenvalue weighted by Crippen LogP contribution is -2.18. The second-order valence-electron chi connectivity index (χ2n) is 3.54. The minimum Gasteiger partial charge on any atom is -0.493 e. The number of hydrogen-bond donors (Lipinski definition) is 1. The van der Waals surface area contributed by atoms with Gasteiger partial charge in [0.15, 0.2) is 0 Å². The highest BCUT2D eigenvalue weighted by Crippen LogP contribution is 2.15. The van der Waals surface area contributed by atoms with Crippen molar-refractivity contribution >= 4 is 18.4 Å². The second kappa shape index (κ2) is 6.05. The molecule has 0 aliphatic heterocycles. The monoisotopic (exact) mass is 276 g/mol. The number of hydrogen-bond acceptors (Lipinski definition) is 5. The van der Waals surface area contributed by atoms with Crippen LogP contribution in [0.15, 0.2) is 40.4 Å². The number of aromatic amines is 1. The first kappa shape index (κ1) is 13.2. The van der Waals surface area contributed by atoms with Crippen molar-refractivity contribution < 1.29 is 4.74 Å². The molecule has 1 heterocycles. The molecule has 7 heteroatoms. The molecular weight excluding hydrogens is 264 g/mol. The van der Waals surface area contributed by atoms with E-state index in [1.54, 1.807) is 0 Å². The molecule has 98 valence electrons. The zero-order valence-electron chi connectivity index (χ0n) is 10.2. The summed E-state index contributed by atoms with van der Waals surface area (Å²) in [6.07, 6.45) is 2.64. The van der Waals surface area contributed by atoms with E-state index >= 15 is 0 Å². The van der Waals surface area contributed by atoms with Gasteiger partial charge in [-0.25, -0.2) is 0 Å². The van der Waals surface area contributed by atoms with Crippen LogP contribution in [0.25, 0.3) is 0 Å². The quantitative estimate of drug-likeness (QED) is 0.680. The van der Waals surface area contributed by atoms with Gasteiger partial charge >= 0.3 is 0 Å². The first-order valence-corrected chi connectivity index (χ1v) is 6.06. The summed E-state index contributed by atoms with van der Waals surface area (Å²) < 4.78 is 6.66. The molecule has 0 atom stereocenters. The van der Waals surface area contributed by atoms with Crippen LogP contribution in [0.2, 0.25) is 0 Å². The molecule has 0 spiro atoms. The van der Waals surface area contributed by atoms with Crippen LogP contribution in [-0.2, 0) is 0 Å². The maximum absolute atomic E-state index is 11.5. The van der Waals surface area contributed by atoms with Crippen molar-refractivity contribution in [3.05, 3.63) is 51.2 Å². The molecule has 0 saturated carbocycles. The number of rotatable bonds is 4. The Bertz CT molecular complexity index is 677. The summed E-state index contributed by atoms with van der Waals surface area (Å²) in [7, 11) is 0. The molecule has 2 rings (SSSR count). The third-order valence-electron chi connectivity index (χ3n) is 2.27. The van der Waals surface area contributed by atoms with Crippen LogP contribution in [0.3, 0.4) is 0 Å². The summed E-state index contributed by atoms with van der Waals surface area (Å²) in [5, 5.41) is 10.1.